The summed E-state index contributed by atoms with van der Waals surface area (Å²) in [7, 11) is 3.75. The smallest absolute Gasteiger partial charge is 0.253 e. The molecule has 0 radical (unpaired) electrons. The van der Waals surface area contributed by atoms with E-state index < -0.39 is 0 Å². The first-order chi connectivity index (χ1) is 12.1. The molecule has 136 valence electrons. The van der Waals surface area contributed by atoms with Crippen molar-refractivity contribution in [1.82, 2.24) is 9.80 Å². The van der Waals surface area contributed by atoms with Crippen LogP contribution in [0.2, 0.25) is 0 Å². The van der Waals surface area contributed by atoms with Crippen molar-refractivity contribution < 1.29 is 9.53 Å². The van der Waals surface area contributed by atoms with Crippen LogP contribution in [0.3, 0.4) is 0 Å². The summed E-state index contributed by atoms with van der Waals surface area (Å²) >= 11 is 3.43. The Hall–Kier alpha value is -1.17. The second-order valence-electron chi connectivity index (χ2n) is 6.96. The quantitative estimate of drug-likeness (QED) is 0.564. The summed E-state index contributed by atoms with van der Waals surface area (Å²) in [4.78, 5) is 17.5. The van der Waals surface area contributed by atoms with Gasteiger partial charge in [-0.15, -0.1) is 0 Å². The van der Waals surface area contributed by atoms with Crippen LogP contribution >= 0.6 is 15.9 Å². The van der Waals surface area contributed by atoms with Gasteiger partial charge < -0.3 is 9.64 Å². The van der Waals surface area contributed by atoms with Gasteiger partial charge in [0.25, 0.3) is 5.91 Å². The minimum Gasteiger partial charge on any atom is -0.380 e. The maximum Gasteiger partial charge on any atom is 0.253 e. The molecule has 3 unspecified atom stereocenters. The molecule has 0 N–H and O–H groups in total. The van der Waals surface area contributed by atoms with Crippen LogP contribution in [0.1, 0.15) is 36.0 Å². The topological polar surface area (TPSA) is 32.8 Å². The molecule has 0 aromatic heterocycles. The molecule has 2 aliphatic rings. The Morgan fingerprint density at radius 3 is 2.44 bits per heavy atom. The first kappa shape index (κ1) is 18.6. The number of methoxy groups -OCH3 is 1. The number of rotatable bonds is 4. The zero-order valence-electron chi connectivity index (χ0n) is 15.0. The van der Waals surface area contributed by atoms with Gasteiger partial charge in [0.15, 0.2) is 0 Å². The third-order valence-electron chi connectivity index (χ3n) is 5.49. The van der Waals surface area contributed by atoms with Gasteiger partial charge in [-0.25, -0.2) is 0 Å². The second kappa shape index (κ2) is 8.47. The highest BCUT2D eigenvalue weighted by molar-refractivity contribution is 9.10. The molecule has 1 heterocycles. The molecule has 4 nitrogen and oxygen atoms in total. The summed E-state index contributed by atoms with van der Waals surface area (Å²) in [5.74, 6) is 0.0893. The number of ether oxygens (including phenoxy) is 1. The molecule has 1 amide bonds. The van der Waals surface area contributed by atoms with Crippen molar-refractivity contribution in [1.29, 1.82) is 0 Å². The average molecular weight is 407 g/mol. The molecular formula is C20H27BrN2O2. The van der Waals surface area contributed by atoms with E-state index in [-0.39, 0.29) is 24.1 Å². The fraction of sp³-hybridized carbons (Fsp3) is 0.550. The highest BCUT2D eigenvalue weighted by Crippen LogP contribution is 2.29. The largest absolute Gasteiger partial charge is 0.380 e. The standard InChI is InChI=1S/C20H27BrN2O2/c1-22(20(24)15-9-11-16(21)12-10-15)17-7-3-4-8-18(25-2)19(17)23-13-5-6-14-23/h5-6,9-12,17-19H,3-4,7-8,13-14H2,1-2H3. The minimum atomic E-state index is 0.0893. The lowest BCUT2D eigenvalue weighted by atomic mass is 9.96. The van der Waals surface area contributed by atoms with Crippen LogP contribution in [0.15, 0.2) is 40.9 Å². The lowest BCUT2D eigenvalue weighted by molar-refractivity contribution is -0.0106. The van der Waals surface area contributed by atoms with Gasteiger partial charge >= 0.3 is 0 Å². The molecule has 0 bridgehead atoms. The molecular weight excluding hydrogens is 380 g/mol. The van der Waals surface area contributed by atoms with E-state index in [1.807, 2.05) is 36.2 Å². The lowest BCUT2D eigenvalue weighted by Gasteiger charge is -2.41. The highest BCUT2D eigenvalue weighted by Gasteiger charge is 2.39. The third kappa shape index (κ3) is 4.15. The number of hydrogen-bond donors (Lipinski definition) is 0. The molecule has 1 saturated carbocycles. The summed E-state index contributed by atoms with van der Waals surface area (Å²) < 4.78 is 6.85. The van der Waals surface area contributed by atoms with Gasteiger partial charge in [0.1, 0.15) is 0 Å². The van der Waals surface area contributed by atoms with Gasteiger partial charge in [0.2, 0.25) is 0 Å². The van der Waals surface area contributed by atoms with Crippen LogP contribution in [0.4, 0.5) is 0 Å². The molecule has 25 heavy (non-hydrogen) atoms. The molecule has 3 atom stereocenters. The number of amides is 1. The molecule has 1 aliphatic carbocycles. The number of hydrogen-bond acceptors (Lipinski definition) is 3. The number of halogens is 1. The normalized spacial score (nSPS) is 27.2. The second-order valence-corrected chi connectivity index (χ2v) is 7.88. The first-order valence-corrected chi connectivity index (χ1v) is 9.85. The summed E-state index contributed by atoms with van der Waals surface area (Å²) in [6, 6.07) is 8.04. The van der Waals surface area contributed by atoms with E-state index in [1.165, 1.54) is 0 Å². The van der Waals surface area contributed by atoms with Crippen molar-refractivity contribution in [3.63, 3.8) is 0 Å². The van der Waals surface area contributed by atoms with Gasteiger partial charge in [-0.05, 0) is 37.1 Å². The van der Waals surface area contributed by atoms with Gasteiger partial charge in [-0.2, -0.15) is 0 Å². The van der Waals surface area contributed by atoms with Crippen molar-refractivity contribution in [2.24, 2.45) is 0 Å². The van der Waals surface area contributed by atoms with Crippen molar-refractivity contribution >= 4 is 21.8 Å². The maximum absolute atomic E-state index is 13.1. The van der Waals surface area contributed by atoms with E-state index in [2.05, 4.69) is 33.0 Å². The third-order valence-corrected chi connectivity index (χ3v) is 6.02. The fourth-order valence-electron chi connectivity index (χ4n) is 4.13. The number of benzene rings is 1. The van der Waals surface area contributed by atoms with Crippen molar-refractivity contribution in [3.05, 3.63) is 46.5 Å². The predicted octanol–water partition coefficient (Wildman–Crippen LogP) is 3.72. The summed E-state index contributed by atoms with van der Waals surface area (Å²) in [5, 5.41) is 0. The molecule has 0 spiro atoms. The van der Waals surface area contributed by atoms with Crippen LogP contribution in [-0.4, -0.2) is 61.1 Å². The summed E-state index contributed by atoms with van der Waals surface area (Å²) in [6.45, 7) is 1.89. The highest BCUT2D eigenvalue weighted by atomic mass is 79.9. The lowest BCUT2D eigenvalue weighted by Crippen LogP contribution is -2.56. The van der Waals surface area contributed by atoms with E-state index >= 15 is 0 Å². The number of likely N-dealkylation sites (N-methyl/N-ethyl adjacent to an activating group) is 1. The zero-order valence-corrected chi connectivity index (χ0v) is 16.6. The molecule has 1 aromatic carbocycles. The van der Waals surface area contributed by atoms with Crippen molar-refractivity contribution in [2.45, 2.75) is 43.9 Å². The van der Waals surface area contributed by atoms with Crippen molar-refractivity contribution in [3.8, 4) is 0 Å². The van der Waals surface area contributed by atoms with E-state index in [4.69, 9.17) is 4.74 Å². The molecule has 3 rings (SSSR count). The fourth-order valence-corrected chi connectivity index (χ4v) is 4.40. The van der Waals surface area contributed by atoms with Crippen LogP contribution in [0, 0.1) is 0 Å². The van der Waals surface area contributed by atoms with Crippen LogP contribution in [-0.2, 0) is 4.74 Å². The molecule has 0 saturated heterocycles. The van der Waals surface area contributed by atoms with E-state index in [0.717, 1.165) is 48.8 Å². The van der Waals surface area contributed by atoms with Crippen molar-refractivity contribution in [2.75, 3.05) is 27.2 Å². The molecule has 1 fully saturated rings. The Morgan fingerprint density at radius 2 is 1.80 bits per heavy atom. The number of carbonyl (C=O) groups excluding carboxylic acids is 1. The molecule has 1 aliphatic heterocycles. The zero-order chi connectivity index (χ0) is 17.8. The SMILES string of the molecule is COC1CCCCC(N(C)C(=O)c2ccc(Br)cc2)C1N1CC=CC1. The Morgan fingerprint density at radius 1 is 1.16 bits per heavy atom. The van der Waals surface area contributed by atoms with Crippen LogP contribution in [0.25, 0.3) is 0 Å². The Bertz CT molecular complexity index is 609. The molecule has 5 heteroatoms. The van der Waals surface area contributed by atoms with E-state index in [9.17, 15) is 4.79 Å². The molecule has 1 aromatic rings. The van der Waals surface area contributed by atoms with E-state index in [1.54, 1.807) is 7.11 Å². The maximum atomic E-state index is 13.1. The Labute approximate surface area is 159 Å². The number of nitrogens with zero attached hydrogens (tertiary/aromatic N) is 2. The summed E-state index contributed by atoms with van der Waals surface area (Å²) in [6.07, 6.45) is 8.99. The van der Waals surface area contributed by atoms with E-state index in [0.29, 0.717) is 0 Å². The minimum absolute atomic E-state index is 0.0893. The average Bonchev–Trinajstić information content (AvgIpc) is 3.07. The van der Waals surface area contributed by atoms with Gasteiger partial charge in [-0.3, -0.25) is 9.69 Å². The monoisotopic (exact) mass is 406 g/mol. The Kier molecular flexibility index (Phi) is 6.31. The van der Waals surface area contributed by atoms with Gasteiger partial charge in [-0.1, -0.05) is 40.9 Å². The van der Waals surface area contributed by atoms with Crippen LogP contribution < -0.4 is 0 Å². The predicted molar refractivity (Wildman–Crippen MR) is 104 cm³/mol. The first-order valence-electron chi connectivity index (χ1n) is 9.06. The number of carbonyl (C=O) groups is 1. The van der Waals surface area contributed by atoms with Crippen LogP contribution in [0.5, 0.6) is 0 Å². The van der Waals surface area contributed by atoms with Gasteiger partial charge in [0.05, 0.1) is 12.1 Å². The summed E-state index contributed by atoms with van der Waals surface area (Å²) in [5.41, 5.74) is 0.738. The Balaban J connectivity index is 1.84. The van der Waals surface area contributed by atoms with Gasteiger partial charge in [0, 0.05) is 43.3 Å².